The molecule has 130 valence electrons. The van der Waals surface area contributed by atoms with E-state index in [2.05, 4.69) is 0 Å². The molecule has 0 fully saturated rings. The number of aliphatic hydroxyl groups excluding tert-OH is 3. The summed E-state index contributed by atoms with van der Waals surface area (Å²) in [5, 5.41) is 62.2. The van der Waals surface area contributed by atoms with Crippen LogP contribution < -0.4 is 20.4 Å². The van der Waals surface area contributed by atoms with Gasteiger partial charge in [0, 0.05) is 38.9 Å². The van der Waals surface area contributed by atoms with Crippen molar-refractivity contribution in [1.29, 1.82) is 0 Å². The first-order valence-corrected chi connectivity index (χ1v) is 5.81. The number of hydrogen-bond acceptors (Lipinski definition) is 7. The van der Waals surface area contributed by atoms with E-state index in [-0.39, 0.29) is 17.6 Å². The Kier molecular flexibility index (Phi) is 28.3. The van der Waals surface area contributed by atoms with E-state index in [1.807, 2.05) is 0 Å². The first-order chi connectivity index (χ1) is 10.6. The van der Waals surface area contributed by atoms with E-state index in [4.69, 9.17) is 15.3 Å². The molecule has 4 radical (unpaired) electrons. The summed E-state index contributed by atoms with van der Waals surface area (Å²) in [6.07, 6.45) is 0. The van der Waals surface area contributed by atoms with Crippen molar-refractivity contribution >= 4 is 17.6 Å². The van der Waals surface area contributed by atoms with Crippen LogP contribution in [-0.2, 0) is 0 Å². The van der Waals surface area contributed by atoms with Crippen LogP contribution in [0, 0.1) is 0 Å². The molecule has 7 nitrogen and oxygen atoms in total. The molecule has 3 N–H and O–H groups in total. The minimum atomic E-state index is -0.437. The molecule has 2 aromatic rings. The van der Waals surface area contributed by atoms with Gasteiger partial charge in [0.05, 0.1) is 0 Å². The van der Waals surface area contributed by atoms with Crippen molar-refractivity contribution in [3.8, 4) is 23.0 Å². The summed E-state index contributed by atoms with van der Waals surface area (Å²) in [6, 6.07) is 11.2. The Bertz CT molecular complexity index is 382. The van der Waals surface area contributed by atoms with E-state index in [9.17, 15) is 20.4 Å². The van der Waals surface area contributed by atoms with Crippen LogP contribution in [0.3, 0.4) is 0 Å². The van der Waals surface area contributed by atoms with Gasteiger partial charge in [-0.15, -0.1) is 23.0 Å². The van der Waals surface area contributed by atoms with Gasteiger partial charge in [0.25, 0.3) is 0 Å². The van der Waals surface area contributed by atoms with Crippen molar-refractivity contribution < 1.29 is 35.7 Å². The average molecular weight is 385 g/mol. The SMILES string of the molecule is CO.CO.CO.[Ge].[O-]c1ccccc1[O-].[O-]c1ccccc1[O-]. The van der Waals surface area contributed by atoms with Gasteiger partial charge in [0.15, 0.2) is 0 Å². The van der Waals surface area contributed by atoms with E-state index in [0.717, 1.165) is 21.3 Å². The molecule has 0 atom stereocenters. The van der Waals surface area contributed by atoms with E-state index in [1.54, 1.807) is 24.3 Å². The number of hydrogen-bond donors (Lipinski definition) is 3. The van der Waals surface area contributed by atoms with Crippen LogP contribution >= 0.6 is 0 Å². The van der Waals surface area contributed by atoms with Gasteiger partial charge in [0.1, 0.15) is 0 Å². The van der Waals surface area contributed by atoms with Gasteiger partial charge < -0.3 is 35.7 Å². The largest absolute Gasteiger partial charge is 0.873 e. The molecule has 0 aliphatic rings. The van der Waals surface area contributed by atoms with Gasteiger partial charge in [-0.3, -0.25) is 0 Å². The van der Waals surface area contributed by atoms with E-state index in [0.29, 0.717) is 0 Å². The van der Waals surface area contributed by atoms with Crippen molar-refractivity contribution in [1.82, 2.24) is 0 Å². The van der Waals surface area contributed by atoms with Crippen LogP contribution in [0.2, 0.25) is 0 Å². The third-order valence-electron chi connectivity index (χ3n) is 1.70. The summed E-state index contributed by atoms with van der Waals surface area (Å²) in [5.41, 5.74) is 0. The van der Waals surface area contributed by atoms with Crippen LogP contribution in [0.15, 0.2) is 48.5 Å². The second-order valence-corrected chi connectivity index (χ2v) is 2.89. The maximum absolute atomic E-state index is 10.3. The molecular weight excluding hydrogens is 365 g/mol. The average Bonchev–Trinajstić information content (AvgIpc) is 2.59. The Morgan fingerprint density at radius 3 is 0.696 bits per heavy atom. The quantitative estimate of drug-likeness (QED) is 0.449. The maximum Gasteiger partial charge on any atom is 0.0319 e. The fourth-order valence-electron chi connectivity index (χ4n) is 0.900. The van der Waals surface area contributed by atoms with Crippen LogP contribution in [0.1, 0.15) is 0 Å². The molecule has 0 bridgehead atoms. The predicted molar refractivity (Wildman–Crippen MR) is 80.9 cm³/mol. The molecular formula is C15H20GeO7-4. The third-order valence-corrected chi connectivity index (χ3v) is 1.70. The van der Waals surface area contributed by atoms with Gasteiger partial charge in [-0.1, -0.05) is 48.5 Å². The molecule has 2 rings (SSSR count). The zero-order valence-corrected chi connectivity index (χ0v) is 15.2. The normalized spacial score (nSPS) is 7.04. The van der Waals surface area contributed by atoms with E-state index >= 15 is 0 Å². The van der Waals surface area contributed by atoms with Crippen molar-refractivity contribution in [2.24, 2.45) is 0 Å². The monoisotopic (exact) mass is 386 g/mol. The van der Waals surface area contributed by atoms with Gasteiger partial charge in [-0.25, -0.2) is 0 Å². The first-order valence-electron chi connectivity index (χ1n) is 5.81. The Labute approximate surface area is 146 Å². The van der Waals surface area contributed by atoms with Crippen molar-refractivity contribution in [2.75, 3.05) is 21.3 Å². The number of benzene rings is 2. The summed E-state index contributed by atoms with van der Waals surface area (Å²) in [4.78, 5) is 0. The minimum Gasteiger partial charge on any atom is -0.873 e. The second-order valence-electron chi connectivity index (χ2n) is 2.89. The molecule has 0 unspecified atom stereocenters. The Morgan fingerprint density at radius 2 is 0.609 bits per heavy atom. The van der Waals surface area contributed by atoms with Gasteiger partial charge in [-0.2, -0.15) is 0 Å². The van der Waals surface area contributed by atoms with Crippen molar-refractivity contribution in [3.63, 3.8) is 0 Å². The van der Waals surface area contributed by atoms with Crippen molar-refractivity contribution in [2.45, 2.75) is 0 Å². The zero-order valence-electron chi connectivity index (χ0n) is 13.1. The molecule has 23 heavy (non-hydrogen) atoms. The summed E-state index contributed by atoms with van der Waals surface area (Å²) >= 11 is 0. The van der Waals surface area contributed by atoms with Gasteiger partial charge >= 0.3 is 0 Å². The van der Waals surface area contributed by atoms with E-state index in [1.165, 1.54) is 24.3 Å². The summed E-state index contributed by atoms with van der Waals surface area (Å²) in [5.74, 6) is -1.75. The van der Waals surface area contributed by atoms with Crippen LogP contribution in [0.25, 0.3) is 0 Å². The van der Waals surface area contributed by atoms with Crippen LogP contribution in [0.5, 0.6) is 23.0 Å². The molecule has 0 spiro atoms. The Hall–Kier alpha value is -1.94. The fourth-order valence-corrected chi connectivity index (χ4v) is 0.900. The maximum atomic E-state index is 10.3. The topological polar surface area (TPSA) is 153 Å². The Balaban J connectivity index is -0.000000115. The molecule has 0 saturated carbocycles. The third kappa shape index (κ3) is 16.3. The molecule has 0 amide bonds. The first kappa shape index (κ1) is 29.1. The predicted octanol–water partition coefficient (Wildman–Crippen LogP) is -1.89. The molecule has 0 heterocycles. The Morgan fingerprint density at radius 1 is 0.478 bits per heavy atom. The smallest absolute Gasteiger partial charge is 0.0319 e. The molecule has 0 aromatic heterocycles. The van der Waals surface area contributed by atoms with Crippen molar-refractivity contribution in [3.05, 3.63) is 48.5 Å². The van der Waals surface area contributed by atoms with Crippen LogP contribution in [-0.4, -0.2) is 54.2 Å². The number of para-hydroxylation sites is 4. The fraction of sp³-hybridized carbons (Fsp3) is 0.200. The van der Waals surface area contributed by atoms with Crippen LogP contribution in [0.4, 0.5) is 0 Å². The van der Waals surface area contributed by atoms with Gasteiger partial charge in [-0.05, 0) is 0 Å². The summed E-state index contributed by atoms with van der Waals surface area (Å²) in [7, 11) is 3.00. The molecule has 8 heteroatoms. The number of rotatable bonds is 0. The summed E-state index contributed by atoms with van der Waals surface area (Å²) in [6.45, 7) is 0. The standard InChI is InChI=1S/2C6H6O2.3CH4O.Ge/c2*7-5-3-1-2-4-6(5)8;3*1-2;/h2*1-4,7-8H;3*2H,1H3;/p-4. The molecule has 2 aromatic carbocycles. The molecule has 0 saturated heterocycles. The zero-order chi connectivity index (χ0) is 18.0. The molecule has 0 aliphatic heterocycles. The molecule has 0 aliphatic carbocycles. The second kappa shape index (κ2) is 22.3. The number of aliphatic hydroxyl groups is 3. The summed E-state index contributed by atoms with van der Waals surface area (Å²) < 4.78 is 0. The van der Waals surface area contributed by atoms with E-state index < -0.39 is 23.0 Å². The van der Waals surface area contributed by atoms with Gasteiger partial charge in [0.2, 0.25) is 0 Å². The minimum absolute atomic E-state index is 0.